The van der Waals surface area contributed by atoms with Gasteiger partial charge in [-0.1, -0.05) is 12.1 Å². The normalized spacial score (nSPS) is 20.0. The molecule has 2 aliphatic rings. The van der Waals surface area contributed by atoms with Gasteiger partial charge in [0, 0.05) is 63.3 Å². The maximum Gasteiger partial charge on any atom is 0.344 e. The standard InChI is InChI=1S/C22H32N6O3S/c1-17-6-7-19(20(14-17)25-9-4-5-10-25)16-26-12-13-27(15-18(26)2)22(29)28-11-8-21(23-28)24-32(3,30)31/h6-8,11,14,18H,4-5,9-10,12-13,15-16H2,1-3H3,(H,23,24). The lowest BCUT2D eigenvalue weighted by Gasteiger charge is -2.40. The molecule has 10 heteroatoms. The summed E-state index contributed by atoms with van der Waals surface area (Å²) < 4.78 is 26.2. The van der Waals surface area contributed by atoms with Gasteiger partial charge < -0.3 is 9.80 Å². The van der Waals surface area contributed by atoms with Crippen molar-refractivity contribution >= 4 is 27.6 Å². The summed E-state index contributed by atoms with van der Waals surface area (Å²) in [6, 6.07) is 8.16. The zero-order valence-electron chi connectivity index (χ0n) is 19.0. The number of sulfonamides is 1. The summed E-state index contributed by atoms with van der Waals surface area (Å²) >= 11 is 0. The number of hydrogen-bond donors (Lipinski definition) is 1. The number of aromatic nitrogens is 2. The molecule has 2 fully saturated rings. The SMILES string of the molecule is Cc1ccc(CN2CCN(C(=O)n3ccc(NS(C)(=O)=O)n3)CC2C)c(N2CCCC2)c1. The van der Waals surface area contributed by atoms with E-state index in [0.717, 1.165) is 32.4 Å². The summed E-state index contributed by atoms with van der Waals surface area (Å²) in [7, 11) is -3.43. The Labute approximate surface area is 190 Å². The lowest BCUT2D eigenvalue weighted by molar-refractivity contribution is 0.0921. The van der Waals surface area contributed by atoms with E-state index in [1.165, 1.54) is 46.6 Å². The van der Waals surface area contributed by atoms with Crippen molar-refractivity contribution in [2.45, 2.75) is 39.3 Å². The molecule has 9 nitrogen and oxygen atoms in total. The predicted molar refractivity (Wildman–Crippen MR) is 126 cm³/mol. The minimum atomic E-state index is -3.43. The van der Waals surface area contributed by atoms with Crippen LogP contribution in [0.4, 0.5) is 16.3 Å². The molecular weight excluding hydrogens is 428 g/mol. The summed E-state index contributed by atoms with van der Waals surface area (Å²) in [5.41, 5.74) is 3.96. The first kappa shape index (κ1) is 22.6. The van der Waals surface area contributed by atoms with Gasteiger partial charge in [0.05, 0.1) is 6.26 Å². The minimum absolute atomic E-state index is 0.140. The molecule has 2 aliphatic heterocycles. The fourth-order valence-electron chi connectivity index (χ4n) is 4.50. The fourth-order valence-corrected chi connectivity index (χ4v) is 4.99. The number of amides is 1. The number of carbonyl (C=O) groups is 1. The van der Waals surface area contributed by atoms with Crippen molar-refractivity contribution in [1.29, 1.82) is 0 Å². The highest BCUT2D eigenvalue weighted by Crippen LogP contribution is 2.28. The Balaban J connectivity index is 1.40. The van der Waals surface area contributed by atoms with E-state index in [4.69, 9.17) is 0 Å². The molecule has 1 aromatic carbocycles. The van der Waals surface area contributed by atoms with Crippen LogP contribution in [0.1, 0.15) is 30.9 Å². The average molecular weight is 461 g/mol. The van der Waals surface area contributed by atoms with Crippen molar-refractivity contribution in [2.24, 2.45) is 0 Å². The summed E-state index contributed by atoms with van der Waals surface area (Å²) in [5.74, 6) is 0.140. The van der Waals surface area contributed by atoms with E-state index in [0.29, 0.717) is 13.1 Å². The molecule has 2 aromatic rings. The molecule has 174 valence electrons. The first-order valence-corrected chi connectivity index (χ1v) is 13.0. The van der Waals surface area contributed by atoms with Gasteiger partial charge in [0.2, 0.25) is 10.0 Å². The van der Waals surface area contributed by atoms with Crippen LogP contribution in [0.2, 0.25) is 0 Å². The van der Waals surface area contributed by atoms with Crippen molar-refractivity contribution in [3.05, 3.63) is 41.6 Å². The Bertz CT molecular complexity index is 1080. The van der Waals surface area contributed by atoms with Crippen LogP contribution in [0.5, 0.6) is 0 Å². The number of anilines is 2. The molecule has 0 bridgehead atoms. The molecule has 0 spiro atoms. The summed E-state index contributed by atoms with van der Waals surface area (Å²) in [4.78, 5) is 19.6. The van der Waals surface area contributed by atoms with Gasteiger partial charge in [0.15, 0.2) is 5.82 Å². The third-order valence-electron chi connectivity index (χ3n) is 6.17. The van der Waals surface area contributed by atoms with Gasteiger partial charge >= 0.3 is 6.03 Å². The summed E-state index contributed by atoms with van der Waals surface area (Å²) in [5, 5.41) is 4.06. The van der Waals surface area contributed by atoms with Crippen molar-refractivity contribution in [2.75, 3.05) is 48.6 Å². The molecule has 0 aliphatic carbocycles. The molecule has 1 atom stereocenters. The average Bonchev–Trinajstić information content (AvgIpc) is 3.41. The first-order chi connectivity index (χ1) is 15.2. The quantitative estimate of drug-likeness (QED) is 0.737. The number of rotatable bonds is 5. The van der Waals surface area contributed by atoms with Crippen LogP contribution in [0.3, 0.4) is 0 Å². The lowest BCUT2D eigenvalue weighted by Crippen LogP contribution is -2.54. The highest BCUT2D eigenvalue weighted by Gasteiger charge is 2.29. The van der Waals surface area contributed by atoms with Gasteiger partial charge in [-0.15, -0.1) is 5.10 Å². The van der Waals surface area contributed by atoms with E-state index in [1.54, 1.807) is 4.90 Å². The maximum atomic E-state index is 12.9. The van der Waals surface area contributed by atoms with E-state index in [2.05, 4.69) is 51.7 Å². The Kier molecular flexibility index (Phi) is 6.43. The highest BCUT2D eigenvalue weighted by atomic mass is 32.2. The number of nitrogens with one attached hydrogen (secondary N) is 1. The number of nitrogens with zero attached hydrogens (tertiary/aromatic N) is 5. The van der Waals surface area contributed by atoms with Crippen molar-refractivity contribution in [3.8, 4) is 0 Å². The topological polar surface area (TPSA) is 90.8 Å². The zero-order valence-corrected chi connectivity index (χ0v) is 19.8. The van der Waals surface area contributed by atoms with E-state index < -0.39 is 10.0 Å². The van der Waals surface area contributed by atoms with Crippen molar-refractivity contribution in [3.63, 3.8) is 0 Å². The molecule has 3 heterocycles. The number of hydrogen-bond acceptors (Lipinski definition) is 6. The lowest BCUT2D eigenvalue weighted by atomic mass is 10.1. The Morgan fingerprint density at radius 1 is 1.16 bits per heavy atom. The Morgan fingerprint density at radius 2 is 1.91 bits per heavy atom. The highest BCUT2D eigenvalue weighted by molar-refractivity contribution is 7.92. The fraction of sp³-hybridized carbons (Fsp3) is 0.545. The van der Waals surface area contributed by atoms with Crippen LogP contribution in [-0.4, -0.2) is 79.1 Å². The smallest absolute Gasteiger partial charge is 0.344 e. The summed E-state index contributed by atoms with van der Waals surface area (Å²) in [6.45, 7) is 9.35. The van der Waals surface area contributed by atoms with Crippen molar-refractivity contribution in [1.82, 2.24) is 19.6 Å². The second kappa shape index (κ2) is 9.11. The zero-order chi connectivity index (χ0) is 22.9. The number of piperazine rings is 1. The molecule has 4 rings (SSSR count). The maximum absolute atomic E-state index is 12.9. The Hall–Kier alpha value is -2.59. The van der Waals surface area contributed by atoms with Gasteiger partial charge in [-0.2, -0.15) is 4.68 Å². The van der Waals surface area contributed by atoms with Crippen LogP contribution in [0.25, 0.3) is 0 Å². The van der Waals surface area contributed by atoms with Crippen LogP contribution in [0, 0.1) is 6.92 Å². The largest absolute Gasteiger partial charge is 0.371 e. The number of aryl methyl sites for hydroxylation is 1. The van der Waals surface area contributed by atoms with Crippen LogP contribution < -0.4 is 9.62 Å². The minimum Gasteiger partial charge on any atom is -0.371 e. The second-order valence-corrected chi connectivity index (χ2v) is 10.6. The van der Waals surface area contributed by atoms with E-state index in [9.17, 15) is 13.2 Å². The molecule has 0 radical (unpaired) electrons. The molecule has 1 unspecified atom stereocenters. The van der Waals surface area contributed by atoms with Gasteiger partial charge in [0.25, 0.3) is 0 Å². The van der Waals surface area contributed by atoms with Gasteiger partial charge in [-0.05, 0) is 43.9 Å². The van der Waals surface area contributed by atoms with Gasteiger partial charge in [0.1, 0.15) is 0 Å². The molecule has 2 saturated heterocycles. The molecule has 1 N–H and O–H groups in total. The third-order valence-corrected chi connectivity index (χ3v) is 6.75. The monoisotopic (exact) mass is 460 g/mol. The van der Waals surface area contributed by atoms with E-state index >= 15 is 0 Å². The molecule has 1 aromatic heterocycles. The summed E-state index contributed by atoms with van der Waals surface area (Å²) in [6.07, 6.45) is 5.04. The molecule has 0 saturated carbocycles. The van der Waals surface area contributed by atoms with Gasteiger partial charge in [-0.3, -0.25) is 9.62 Å². The molecule has 1 amide bonds. The Morgan fingerprint density at radius 3 is 2.59 bits per heavy atom. The first-order valence-electron chi connectivity index (χ1n) is 11.1. The third kappa shape index (κ3) is 5.24. The van der Waals surface area contributed by atoms with Gasteiger partial charge in [-0.25, -0.2) is 13.2 Å². The second-order valence-electron chi connectivity index (χ2n) is 8.89. The van der Waals surface area contributed by atoms with Crippen LogP contribution in [-0.2, 0) is 16.6 Å². The van der Waals surface area contributed by atoms with Crippen LogP contribution >= 0.6 is 0 Å². The predicted octanol–water partition coefficient (Wildman–Crippen LogP) is 2.34. The van der Waals surface area contributed by atoms with Crippen LogP contribution in [0.15, 0.2) is 30.5 Å². The van der Waals surface area contributed by atoms with E-state index in [-0.39, 0.29) is 17.9 Å². The van der Waals surface area contributed by atoms with Crippen molar-refractivity contribution < 1.29 is 13.2 Å². The number of benzene rings is 1. The van der Waals surface area contributed by atoms with E-state index in [1.807, 2.05) is 0 Å². The number of carbonyl (C=O) groups excluding carboxylic acids is 1. The molecular formula is C22H32N6O3S. The molecule has 32 heavy (non-hydrogen) atoms.